The molecule has 5 heteroatoms. The molecule has 2 N–H and O–H groups in total. The number of fused-ring (bicyclic) bond motifs is 1. The number of anilines is 2. The Morgan fingerprint density at radius 2 is 2.35 bits per heavy atom. The molecule has 1 aromatic heterocycles. The van der Waals surface area contributed by atoms with E-state index in [9.17, 15) is 0 Å². The zero-order valence-corrected chi connectivity index (χ0v) is 9.84. The van der Waals surface area contributed by atoms with Crippen LogP contribution < -0.4 is 10.6 Å². The van der Waals surface area contributed by atoms with E-state index in [1.165, 1.54) is 0 Å². The number of nitrogens with zero attached hydrogens (tertiary/aromatic N) is 3. The van der Waals surface area contributed by atoms with Crippen molar-refractivity contribution in [3.63, 3.8) is 0 Å². The fourth-order valence-corrected chi connectivity index (χ4v) is 1.54. The molecular weight excluding hydrogens is 216 g/mol. The van der Waals surface area contributed by atoms with E-state index in [1.807, 2.05) is 24.9 Å². The minimum Gasteiger partial charge on any atom is -0.423 e. The Bertz CT molecular complexity index is 569. The molecule has 1 heterocycles. The third-order valence-corrected chi connectivity index (χ3v) is 2.75. The predicted molar refractivity (Wildman–Crippen MR) is 66.5 cm³/mol. The van der Waals surface area contributed by atoms with Gasteiger partial charge in [0.2, 0.25) is 0 Å². The average molecular weight is 230 g/mol. The first kappa shape index (κ1) is 11.3. The number of nitriles is 1. The van der Waals surface area contributed by atoms with Crippen LogP contribution in [0.3, 0.4) is 0 Å². The number of nitrogens with two attached hydrogens (primary N) is 1. The standard InChI is InChI=1S/C12H14N4O/c1-8(5-6-13)16(2)12-15-10-4-3-9(14)7-11(10)17-12/h3-4,7-8H,5,14H2,1-2H3. The number of hydrogen-bond acceptors (Lipinski definition) is 5. The molecule has 88 valence electrons. The van der Waals surface area contributed by atoms with Crippen molar-refractivity contribution in [3.05, 3.63) is 18.2 Å². The van der Waals surface area contributed by atoms with Crippen LogP contribution in [0.15, 0.2) is 22.6 Å². The molecule has 0 aliphatic carbocycles. The number of rotatable bonds is 3. The maximum absolute atomic E-state index is 8.66. The lowest BCUT2D eigenvalue weighted by Crippen LogP contribution is -2.28. The molecule has 0 radical (unpaired) electrons. The lowest BCUT2D eigenvalue weighted by molar-refractivity contribution is 0.552. The van der Waals surface area contributed by atoms with E-state index in [4.69, 9.17) is 15.4 Å². The summed E-state index contributed by atoms with van der Waals surface area (Å²) in [5.74, 6) is 0. The first-order valence-corrected chi connectivity index (χ1v) is 5.37. The van der Waals surface area contributed by atoms with Gasteiger partial charge in [0.05, 0.1) is 12.5 Å². The van der Waals surface area contributed by atoms with Crippen LogP contribution in [0.1, 0.15) is 13.3 Å². The van der Waals surface area contributed by atoms with Gasteiger partial charge < -0.3 is 15.1 Å². The van der Waals surface area contributed by atoms with Gasteiger partial charge in [-0.2, -0.15) is 10.2 Å². The number of benzene rings is 1. The first-order chi connectivity index (χ1) is 8.11. The summed E-state index contributed by atoms with van der Waals surface area (Å²) >= 11 is 0. The Hall–Kier alpha value is -2.22. The lowest BCUT2D eigenvalue weighted by atomic mass is 10.2. The van der Waals surface area contributed by atoms with E-state index >= 15 is 0 Å². The molecule has 1 atom stereocenters. The van der Waals surface area contributed by atoms with Gasteiger partial charge in [0, 0.05) is 24.8 Å². The first-order valence-electron chi connectivity index (χ1n) is 5.37. The van der Waals surface area contributed by atoms with Crippen molar-refractivity contribution in [1.82, 2.24) is 4.98 Å². The van der Waals surface area contributed by atoms with Crippen LogP contribution >= 0.6 is 0 Å². The van der Waals surface area contributed by atoms with E-state index in [1.54, 1.807) is 12.1 Å². The minimum atomic E-state index is 0.0606. The van der Waals surface area contributed by atoms with Crippen molar-refractivity contribution < 1.29 is 4.42 Å². The van der Waals surface area contributed by atoms with Crippen molar-refractivity contribution in [2.75, 3.05) is 17.7 Å². The molecule has 2 aromatic rings. The van der Waals surface area contributed by atoms with Gasteiger partial charge in [-0.1, -0.05) is 0 Å². The topological polar surface area (TPSA) is 79.1 Å². The van der Waals surface area contributed by atoms with Crippen LogP contribution in [0, 0.1) is 11.3 Å². The van der Waals surface area contributed by atoms with Gasteiger partial charge in [0.1, 0.15) is 5.52 Å². The predicted octanol–water partition coefficient (Wildman–Crippen LogP) is 2.15. The second kappa shape index (κ2) is 4.34. The van der Waals surface area contributed by atoms with Crippen molar-refractivity contribution in [2.45, 2.75) is 19.4 Å². The Kier molecular flexibility index (Phi) is 2.88. The van der Waals surface area contributed by atoms with Crippen LogP contribution in [-0.4, -0.2) is 18.1 Å². The van der Waals surface area contributed by atoms with Gasteiger partial charge in [-0.15, -0.1) is 0 Å². The van der Waals surface area contributed by atoms with Gasteiger partial charge >= 0.3 is 0 Å². The zero-order chi connectivity index (χ0) is 12.4. The summed E-state index contributed by atoms with van der Waals surface area (Å²) < 4.78 is 5.60. The summed E-state index contributed by atoms with van der Waals surface area (Å²) in [4.78, 5) is 6.20. The van der Waals surface area contributed by atoms with E-state index in [-0.39, 0.29) is 6.04 Å². The average Bonchev–Trinajstić information content (AvgIpc) is 2.71. The summed E-state index contributed by atoms with van der Waals surface area (Å²) in [6.45, 7) is 1.95. The lowest BCUT2D eigenvalue weighted by Gasteiger charge is -2.20. The molecule has 0 saturated carbocycles. The Balaban J connectivity index is 2.33. The van der Waals surface area contributed by atoms with E-state index in [0.717, 1.165) is 5.52 Å². The van der Waals surface area contributed by atoms with Gasteiger partial charge in [0.25, 0.3) is 6.01 Å². The van der Waals surface area contributed by atoms with Crippen LogP contribution in [0.5, 0.6) is 0 Å². The Labute approximate surface area is 99.4 Å². The van der Waals surface area contributed by atoms with Crippen LogP contribution in [-0.2, 0) is 0 Å². The van der Waals surface area contributed by atoms with Crippen LogP contribution in [0.25, 0.3) is 11.1 Å². The summed E-state index contributed by atoms with van der Waals surface area (Å²) in [6.07, 6.45) is 0.428. The van der Waals surface area contributed by atoms with Crippen molar-refractivity contribution >= 4 is 22.8 Å². The smallest absolute Gasteiger partial charge is 0.298 e. The molecule has 1 aromatic carbocycles. The van der Waals surface area contributed by atoms with Crippen molar-refractivity contribution in [3.8, 4) is 6.07 Å². The quantitative estimate of drug-likeness (QED) is 0.817. The van der Waals surface area contributed by atoms with Gasteiger partial charge in [-0.05, 0) is 19.1 Å². The van der Waals surface area contributed by atoms with E-state index in [0.29, 0.717) is 23.7 Å². The third kappa shape index (κ3) is 2.16. The summed E-state index contributed by atoms with van der Waals surface area (Å²) in [5, 5.41) is 8.66. The fraction of sp³-hybridized carbons (Fsp3) is 0.333. The van der Waals surface area contributed by atoms with Gasteiger partial charge in [-0.25, -0.2) is 0 Å². The molecule has 0 aliphatic rings. The second-order valence-corrected chi connectivity index (χ2v) is 4.05. The Morgan fingerprint density at radius 1 is 1.59 bits per heavy atom. The summed E-state index contributed by atoms with van der Waals surface area (Å²) in [6, 6.07) is 8.05. The van der Waals surface area contributed by atoms with Crippen molar-refractivity contribution in [2.24, 2.45) is 0 Å². The molecule has 17 heavy (non-hydrogen) atoms. The van der Waals surface area contributed by atoms with Gasteiger partial charge in [0.15, 0.2) is 5.58 Å². The zero-order valence-electron chi connectivity index (χ0n) is 9.84. The maximum atomic E-state index is 8.66. The molecule has 0 saturated heterocycles. The summed E-state index contributed by atoms with van der Waals surface area (Å²) in [5.41, 5.74) is 7.75. The molecule has 2 rings (SSSR count). The van der Waals surface area contributed by atoms with Crippen LogP contribution in [0.4, 0.5) is 11.7 Å². The number of hydrogen-bond donors (Lipinski definition) is 1. The summed E-state index contributed by atoms with van der Waals surface area (Å²) in [7, 11) is 1.86. The largest absolute Gasteiger partial charge is 0.423 e. The highest BCUT2D eigenvalue weighted by atomic mass is 16.4. The number of oxazole rings is 1. The molecular formula is C12H14N4O. The molecule has 5 nitrogen and oxygen atoms in total. The Morgan fingerprint density at radius 3 is 3.06 bits per heavy atom. The normalized spacial score (nSPS) is 12.3. The second-order valence-electron chi connectivity index (χ2n) is 4.05. The van der Waals surface area contributed by atoms with Crippen molar-refractivity contribution in [1.29, 1.82) is 5.26 Å². The maximum Gasteiger partial charge on any atom is 0.298 e. The molecule has 0 aliphatic heterocycles. The monoisotopic (exact) mass is 230 g/mol. The number of aromatic nitrogens is 1. The highest BCUT2D eigenvalue weighted by molar-refractivity contribution is 5.78. The third-order valence-electron chi connectivity index (χ3n) is 2.75. The SMILES string of the molecule is CC(CC#N)N(C)c1nc2ccc(N)cc2o1. The van der Waals surface area contributed by atoms with E-state index < -0.39 is 0 Å². The highest BCUT2D eigenvalue weighted by Crippen LogP contribution is 2.24. The van der Waals surface area contributed by atoms with E-state index in [2.05, 4.69) is 11.1 Å². The number of nitrogen functional groups attached to an aromatic ring is 1. The minimum absolute atomic E-state index is 0.0606. The molecule has 0 spiro atoms. The molecule has 0 fully saturated rings. The molecule has 0 bridgehead atoms. The highest BCUT2D eigenvalue weighted by Gasteiger charge is 2.15. The molecule has 1 unspecified atom stereocenters. The van der Waals surface area contributed by atoms with Crippen LogP contribution in [0.2, 0.25) is 0 Å². The van der Waals surface area contributed by atoms with Gasteiger partial charge in [-0.3, -0.25) is 0 Å². The molecule has 0 amide bonds. The fourth-order valence-electron chi connectivity index (χ4n) is 1.54.